The summed E-state index contributed by atoms with van der Waals surface area (Å²) in [5.41, 5.74) is -1.33. The SMILES string of the molecule is C=CC(O)(C(C)C)C(C(=O)O)C(C)C. The van der Waals surface area contributed by atoms with Crippen molar-refractivity contribution in [3.05, 3.63) is 12.7 Å². The fraction of sp³-hybridized carbons (Fsp3) is 0.727. The first kappa shape index (κ1) is 13.2. The van der Waals surface area contributed by atoms with E-state index in [4.69, 9.17) is 5.11 Å². The summed E-state index contributed by atoms with van der Waals surface area (Å²) in [6.45, 7) is 10.7. The Labute approximate surface area is 85.4 Å². The molecule has 0 spiro atoms. The van der Waals surface area contributed by atoms with Gasteiger partial charge in [0.25, 0.3) is 0 Å². The zero-order valence-corrected chi connectivity index (χ0v) is 9.32. The smallest absolute Gasteiger partial charge is 0.310 e. The number of aliphatic carboxylic acids is 1. The third-order valence-corrected chi connectivity index (χ3v) is 2.68. The molecule has 0 aliphatic carbocycles. The van der Waals surface area contributed by atoms with Gasteiger partial charge in [-0.05, 0) is 11.8 Å². The van der Waals surface area contributed by atoms with E-state index in [9.17, 15) is 9.90 Å². The van der Waals surface area contributed by atoms with Gasteiger partial charge in [-0.3, -0.25) is 4.79 Å². The van der Waals surface area contributed by atoms with Crippen LogP contribution in [0.25, 0.3) is 0 Å². The lowest BCUT2D eigenvalue weighted by atomic mass is 9.73. The molecule has 2 atom stereocenters. The molecule has 0 heterocycles. The van der Waals surface area contributed by atoms with E-state index >= 15 is 0 Å². The Morgan fingerprint density at radius 1 is 1.36 bits per heavy atom. The molecule has 0 amide bonds. The zero-order valence-electron chi connectivity index (χ0n) is 9.32. The third-order valence-electron chi connectivity index (χ3n) is 2.68. The van der Waals surface area contributed by atoms with Crippen LogP contribution in [0.1, 0.15) is 27.7 Å². The van der Waals surface area contributed by atoms with Gasteiger partial charge in [-0.1, -0.05) is 33.8 Å². The molecule has 2 unspecified atom stereocenters. The lowest BCUT2D eigenvalue weighted by Crippen LogP contribution is -2.47. The number of aliphatic hydroxyl groups is 1. The second kappa shape index (κ2) is 4.60. The summed E-state index contributed by atoms with van der Waals surface area (Å²) in [4.78, 5) is 11.0. The van der Waals surface area contributed by atoms with Crippen molar-refractivity contribution in [3.8, 4) is 0 Å². The first-order valence-corrected chi connectivity index (χ1v) is 4.86. The molecule has 2 N–H and O–H groups in total. The van der Waals surface area contributed by atoms with Crippen LogP contribution in [0.4, 0.5) is 0 Å². The van der Waals surface area contributed by atoms with Crippen LogP contribution in [0.5, 0.6) is 0 Å². The molecule has 14 heavy (non-hydrogen) atoms. The molecular weight excluding hydrogens is 180 g/mol. The number of carboxylic acid groups (broad SMARTS) is 1. The predicted molar refractivity (Wildman–Crippen MR) is 55.9 cm³/mol. The maximum atomic E-state index is 11.0. The van der Waals surface area contributed by atoms with Gasteiger partial charge in [0.1, 0.15) is 0 Å². The highest BCUT2D eigenvalue weighted by Crippen LogP contribution is 2.32. The Hall–Kier alpha value is -0.830. The van der Waals surface area contributed by atoms with E-state index in [0.29, 0.717) is 0 Å². The van der Waals surface area contributed by atoms with Gasteiger partial charge in [-0.15, -0.1) is 6.58 Å². The first-order valence-electron chi connectivity index (χ1n) is 4.86. The molecule has 0 aromatic carbocycles. The van der Waals surface area contributed by atoms with Crippen LogP contribution in [0, 0.1) is 17.8 Å². The number of hydrogen-bond acceptors (Lipinski definition) is 2. The fourth-order valence-corrected chi connectivity index (χ4v) is 1.74. The Kier molecular flexibility index (Phi) is 4.33. The Bertz CT molecular complexity index is 221. The molecule has 0 fully saturated rings. The second-order valence-corrected chi connectivity index (χ2v) is 4.31. The summed E-state index contributed by atoms with van der Waals surface area (Å²) in [7, 11) is 0. The van der Waals surface area contributed by atoms with Crippen LogP contribution in [0.3, 0.4) is 0 Å². The molecule has 0 bridgehead atoms. The van der Waals surface area contributed by atoms with Gasteiger partial charge < -0.3 is 10.2 Å². The summed E-state index contributed by atoms with van der Waals surface area (Å²) >= 11 is 0. The van der Waals surface area contributed by atoms with Crippen LogP contribution in [-0.4, -0.2) is 21.8 Å². The van der Waals surface area contributed by atoms with Gasteiger partial charge in [0.2, 0.25) is 0 Å². The van der Waals surface area contributed by atoms with E-state index in [-0.39, 0.29) is 11.8 Å². The average molecular weight is 200 g/mol. The van der Waals surface area contributed by atoms with Crippen molar-refractivity contribution in [1.82, 2.24) is 0 Å². The van der Waals surface area contributed by atoms with Gasteiger partial charge >= 0.3 is 5.97 Å². The third kappa shape index (κ3) is 2.35. The topological polar surface area (TPSA) is 57.5 Å². The largest absolute Gasteiger partial charge is 0.481 e. The van der Waals surface area contributed by atoms with Crippen molar-refractivity contribution in [3.63, 3.8) is 0 Å². The van der Waals surface area contributed by atoms with Crippen molar-refractivity contribution in [1.29, 1.82) is 0 Å². The van der Waals surface area contributed by atoms with Crippen molar-refractivity contribution >= 4 is 5.97 Å². The van der Waals surface area contributed by atoms with E-state index in [1.54, 1.807) is 27.7 Å². The van der Waals surface area contributed by atoms with Gasteiger partial charge in [0, 0.05) is 0 Å². The van der Waals surface area contributed by atoms with Crippen LogP contribution >= 0.6 is 0 Å². The van der Waals surface area contributed by atoms with Gasteiger partial charge in [0.15, 0.2) is 0 Å². The number of carboxylic acids is 1. The quantitative estimate of drug-likeness (QED) is 0.666. The van der Waals surface area contributed by atoms with Gasteiger partial charge in [-0.25, -0.2) is 0 Å². The van der Waals surface area contributed by atoms with E-state index < -0.39 is 17.5 Å². The molecule has 3 heteroatoms. The number of hydrogen-bond donors (Lipinski definition) is 2. The molecule has 0 rings (SSSR count). The number of carbonyl (C=O) groups is 1. The first-order chi connectivity index (χ1) is 6.27. The standard InChI is InChI=1S/C11H20O3/c1-6-11(14,8(4)5)9(7(2)3)10(12)13/h6-9,14H,1H2,2-5H3,(H,12,13). The normalized spacial score (nSPS) is 17.9. The molecule has 82 valence electrons. The van der Waals surface area contributed by atoms with E-state index in [1.807, 2.05) is 0 Å². The highest BCUT2D eigenvalue weighted by Gasteiger charge is 2.43. The monoisotopic (exact) mass is 200 g/mol. The van der Waals surface area contributed by atoms with Crippen molar-refractivity contribution < 1.29 is 15.0 Å². The Balaban J connectivity index is 5.14. The van der Waals surface area contributed by atoms with Crippen LogP contribution in [-0.2, 0) is 4.79 Å². The maximum Gasteiger partial charge on any atom is 0.310 e. The highest BCUT2D eigenvalue weighted by molar-refractivity contribution is 5.72. The van der Waals surface area contributed by atoms with Crippen molar-refractivity contribution in [2.24, 2.45) is 17.8 Å². The molecule has 0 aromatic heterocycles. The lowest BCUT2D eigenvalue weighted by Gasteiger charge is -2.36. The summed E-state index contributed by atoms with van der Waals surface area (Å²) in [5, 5.41) is 19.3. The Morgan fingerprint density at radius 2 is 1.79 bits per heavy atom. The summed E-state index contributed by atoms with van der Waals surface area (Å²) in [6, 6.07) is 0. The van der Waals surface area contributed by atoms with Gasteiger partial charge in [-0.2, -0.15) is 0 Å². The summed E-state index contributed by atoms with van der Waals surface area (Å²) in [6.07, 6.45) is 1.34. The average Bonchev–Trinajstić information content (AvgIpc) is 2.02. The van der Waals surface area contributed by atoms with Crippen LogP contribution in [0.2, 0.25) is 0 Å². The van der Waals surface area contributed by atoms with Crippen molar-refractivity contribution in [2.45, 2.75) is 33.3 Å². The highest BCUT2D eigenvalue weighted by atomic mass is 16.4. The lowest BCUT2D eigenvalue weighted by molar-refractivity contribution is -0.154. The van der Waals surface area contributed by atoms with Crippen LogP contribution < -0.4 is 0 Å². The summed E-state index contributed by atoms with van der Waals surface area (Å²) < 4.78 is 0. The summed E-state index contributed by atoms with van der Waals surface area (Å²) in [5.74, 6) is -2.07. The zero-order chi connectivity index (χ0) is 11.5. The van der Waals surface area contributed by atoms with Crippen molar-refractivity contribution in [2.75, 3.05) is 0 Å². The maximum absolute atomic E-state index is 11.0. The van der Waals surface area contributed by atoms with E-state index in [0.717, 1.165) is 0 Å². The molecule has 0 aromatic rings. The number of rotatable bonds is 5. The molecule has 0 radical (unpaired) electrons. The minimum Gasteiger partial charge on any atom is -0.481 e. The molecule has 3 nitrogen and oxygen atoms in total. The van der Waals surface area contributed by atoms with E-state index in [2.05, 4.69) is 6.58 Å². The molecule has 0 aliphatic rings. The molecular formula is C11H20O3. The molecule has 0 saturated heterocycles. The minimum absolute atomic E-state index is 0.127. The van der Waals surface area contributed by atoms with E-state index in [1.165, 1.54) is 6.08 Å². The predicted octanol–water partition coefficient (Wildman–Crippen LogP) is 1.92. The second-order valence-electron chi connectivity index (χ2n) is 4.31. The fourth-order valence-electron chi connectivity index (χ4n) is 1.74. The molecule has 0 aliphatic heterocycles. The van der Waals surface area contributed by atoms with Crippen LogP contribution in [0.15, 0.2) is 12.7 Å². The molecule has 0 saturated carbocycles. The van der Waals surface area contributed by atoms with Gasteiger partial charge in [0.05, 0.1) is 11.5 Å². The minimum atomic E-state index is -1.33. The Morgan fingerprint density at radius 3 is 1.86 bits per heavy atom.